The zero-order valence-corrected chi connectivity index (χ0v) is 11.3. The zero-order valence-electron chi connectivity index (χ0n) is 11.3. The summed E-state index contributed by atoms with van der Waals surface area (Å²) in [6.07, 6.45) is 0.376. The molecule has 0 saturated carbocycles. The van der Waals surface area contributed by atoms with E-state index in [0.29, 0.717) is 19.6 Å². The molecule has 0 amide bonds. The number of benzene rings is 1. The first-order chi connectivity index (χ1) is 9.00. The summed E-state index contributed by atoms with van der Waals surface area (Å²) in [6.45, 7) is 3.54. The third kappa shape index (κ3) is 5.67. The Balaban J connectivity index is 2.39. The number of para-hydroxylation sites is 2. The number of nitrogens with zero attached hydrogens (tertiary/aromatic N) is 2. The van der Waals surface area contributed by atoms with E-state index in [4.69, 9.17) is 9.84 Å². The Bertz CT molecular complexity index is 409. The van der Waals surface area contributed by atoms with E-state index in [1.807, 2.05) is 11.9 Å². The molecule has 1 N–H and O–H groups in total. The maximum Gasteiger partial charge on any atom is 0.310 e. The topological polar surface area (TPSA) is 75.8 Å². The molecular formula is C13H20N2O4. The Morgan fingerprint density at radius 2 is 2.11 bits per heavy atom. The molecule has 1 unspecified atom stereocenters. The summed E-state index contributed by atoms with van der Waals surface area (Å²) in [5, 5.41) is 20.0. The molecule has 0 fully saturated rings. The first-order valence-electron chi connectivity index (χ1n) is 6.23. The molecule has 19 heavy (non-hydrogen) atoms. The second-order valence-corrected chi connectivity index (χ2v) is 4.51. The molecule has 1 atom stereocenters. The van der Waals surface area contributed by atoms with Crippen LogP contribution >= 0.6 is 0 Å². The van der Waals surface area contributed by atoms with Crippen LogP contribution in [0, 0.1) is 10.1 Å². The molecule has 0 radical (unpaired) electrons. The van der Waals surface area contributed by atoms with Crippen LogP contribution in [-0.2, 0) is 0 Å². The van der Waals surface area contributed by atoms with Crippen LogP contribution in [0.4, 0.5) is 5.69 Å². The molecular weight excluding hydrogens is 248 g/mol. The van der Waals surface area contributed by atoms with Crippen molar-refractivity contribution in [3.8, 4) is 5.75 Å². The highest BCUT2D eigenvalue weighted by atomic mass is 16.6. The minimum absolute atomic E-state index is 0.0193. The number of aliphatic hydroxyl groups excluding tert-OH is 1. The van der Waals surface area contributed by atoms with E-state index in [9.17, 15) is 10.1 Å². The van der Waals surface area contributed by atoms with Crippen LogP contribution in [0.5, 0.6) is 5.75 Å². The lowest BCUT2D eigenvalue weighted by Crippen LogP contribution is -2.27. The predicted molar refractivity (Wildman–Crippen MR) is 72.4 cm³/mol. The molecule has 0 aromatic heterocycles. The molecule has 0 aliphatic rings. The van der Waals surface area contributed by atoms with Crippen molar-refractivity contribution in [1.82, 2.24) is 4.90 Å². The normalized spacial score (nSPS) is 12.4. The Morgan fingerprint density at radius 3 is 2.74 bits per heavy atom. The van der Waals surface area contributed by atoms with Gasteiger partial charge in [-0.3, -0.25) is 10.1 Å². The summed E-state index contributed by atoms with van der Waals surface area (Å²) in [4.78, 5) is 12.3. The molecule has 0 aliphatic heterocycles. The monoisotopic (exact) mass is 268 g/mol. The van der Waals surface area contributed by atoms with E-state index >= 15 is 0 Å². The van der Waals surface area contributed by atoms with Gasteiger partial charge in [-0.15, -0.1) is 0 Å². The largest absolute Gasteiger partial charge is 0.485 e. The summed E-state index contributed by atoms with van der Waals surface area (Å²) in [5.41, 5.74) is -0.0193. The number of ether oxygens (including phenoxy) is 1. The van der Waals surface area contributed by atoms with Gasteiger partial charge in [-0.25, -0.2) is 0 Å². The van der Waals surface area contributed by atoms with Gasteiger partial charge in [-0.05, 0) is 26.5 Å². The summed E-state index contributed by atoms with van der Waals surface area (Å²) < 4.78 is 5.43. The Kier molecular flexibility index (Phi) is 6.24. The van der Waals surface area contributed by atoms with Crippen LogP contribution in [0.3, 0.4) is 0 Å². The Hall–Kier alpha value is -1.66. The fourth-order valence-electron chi connectivity index (χ4n) is 1.56. The van der Waals surface area contributed by atoms with Crippen LogP contribution in [0.2, 0.25) is 0 Å². The van der Waals surface area contributed by atoms with Crippen LogP contribution < -0.4 is 4.74 Å². The van der Waals surface area contributed by atoms with Gasteiger partial charge in [0.15, 0.2) is 5.75 Å². The highest BCUT2D eigenvalue weighted by Gasteiger charge is 2.13. The Morgan fingerprint density at radius 1 is 1.42 bits per heavy atom. The second-order valence-electron chi connectivity index (χ2n) is 4.51. The standard InChI is InChI=1S/C13H20N2O4/c1-11(16)7-8-14(2)9-10-19-13-6-4-3-5-12(13)15(17)18/h3-6,11,16H,7-10H2,1-2H3. The molecule has 6 nitrogen and oxygen atoms in total. The van der Waals surface area contributed by atoms with Gasteiger partial charge in [0, 0.05) is 19.2 Å². The summed E-state index contributed by atoms with van der Waals surface area (Å²) in [7, 11) is 1.92. The van der Waals surface area contributed by atoms with Crippen molar-refractivity contribution in [3.05, 3.63) is 34.4 Å². The highest BCUT2D eigenvalue weighted by Crippen LogP contribution is 2.25. The fourth-order valence-corrected chi connectivity index (χ4v) is 1.56. The van der Waals surface area contributed by atoms with E-state index in [2.05, 4.69) is 0 Å². The highest BCUT2D eigenvalue weighted by molar-refractivity contribution is 5.45. The maximum absolute atomic E-state index is 10.8. The number of aliphatic hydroxyl groups is 1. The van der Waals surface area contributed by atoms with Gasteiger partial charge in [0.1, 0.15) is 6.61 Å². The molecule has 1 aromatic carbocycles. The molecule has 0 saturated heterocycles. The third-order valence-corrected chi connectivity index (χ3v) is 2.72. The van der Waals surface area contributed by atoms with E-state index in [1.54, 1.807) is 25.1 Å². The van der Waals surface area contributed by atoms with Crippen molar-refractivity contribution < 1.29 is 14.8 Å². The number of hydrogen-bond acceptors (Lipinski definition) is 5. The van der Waals surface area contributed by atoms with Gasteiger partial charge in [-0.1, -0.05) is 12.1 Å². The molecule has 0 spiro atoms. The first kappa shape index (κ1) is 15.4. The predicted octanol–water partition coefficient (Wildman–Crippen LogP) is 1.68. The smallest absolute Gasteiger partial charge is 0.310 e. The molecule has 6 heteroatoms. The van der Waals surface area contributed by atoms with Crippen molar-refractivity contribution in [2.45, 2.75) is 19.4 Å². The quantitative estimate of drug-likeness (QED) is 0.573. The molecule has 1 aromatic rings. The van der Waals surface area contributed by atoms with Crippen LogP contribution in [0.1, 0.15) is 13.3 Å². The van der Waals surface area contributed by atoms with E-state index in [0.717, 1.165) is 6.54 Å². The summed E-state index contributed by atoms with van der Waals surface area (Å²) in [6, 6.07) is 6.33. The minimum Gasteiger partial charge on any atom is -0.485 e. The van der Waals surface area contributed by atoms with Crippen molar-refractivity contribution in [3.63, 3.8) is 0 Å². The van der Waals surface area contributed by atoms with Crippen LogP contribution in [0.15, 0.2) is 24.3 Å². The lowest BCUT2D eigenvalue weighted by Gasteiger charge is -2.17. The van der Waals surface area contributed by atoms with Crippen molar-refractivity contribution in [2.75, 3.05) is 26.7 Å². The molecule has 0 bridgehead atoms. The van der Waals surface area contributed by atoms with Gasteiger partial charge >= 0.3 is 5.69 Å². The van der Waals surface area contributed by atoms with Gasteiger partial charge < -0.3 is 14.7 Å². The van der Waals surface area contributed by atoms with Crippen LogP contribution in [0.25, 0.3) is 0 Å². The summed E-state index contributed by atoms with van der Waals surface area (Å²) in [5.74, 6) is 0.288. The average Bonchev–Trinajstić information content (AvgIpc) is 2.36. The fraction of sp³-hybridized carbons (Fsp3) is 0.538. The van der Waals surface area contributed by atoms with E-state index < -0.39 is 4.92 Å². The van der Waals surface area contributed by atoms with E-state index in [1.165, 1.54) is 6.07 Å². The average molecular weight is 268 g/mol. The van der Waals surface area contributed by atoms with Gasteiger partial charge in [0.25, 0.3) is 0 Å². The van der Waals surface area contributed by atoms with Crippen molar-refractivity contribution in [2.24, 2.45) is 0 Å². The SMILES string of the molecule is CC(O)CCN(C)CCOc1ccccc1[N+](=O)[O-]. The molecule has 106 valence electrons. The molecule has 0 heterocycles. The number of rotatable bonds is 8. The van der Waals surface area contributed by atoms with E-state index in [-0.39, 0.29) is 17.5 Å². The lowest BCUT2D eigenvalue weighted by molar-refractivity contribution is -0.385. The second kappa shape index (κ2) is 7.70. The number of likely N-dealkylation sites (N-methyl/N-ethyl adjacent to an activating group) is 1. The van der Waals surface area contributed by atoms with Crippen molar-refractivity contribution in [1.29, 1.82) is 0 Å². The maximum atomic E-state index is 10.8. The third-order valence-electron chi connectivity index (χ3n) is 2.72. The molecule has 0 aliphatic carbocycles. The van der Waals surface area contributed by atoms with Gasteiger partial charge in [0.05, 0.1) is 11.0 Å². The number of hydrogen-bond donors (Lipinski definition) is 1. The lowest BCUT2D eigenvalue weighted by atomic mass is 10.3. The number of nitro benzene ring substituents is 1. The number of nitro groups is 1. The van der Waals surface area contributed by atoms with Crippen LogP contribution in [-0.4, -0.2) is 47.8 Å². The zero-order chi connectivity index (χ0) is 14.3. The van der Waals surface area contributed by atoms with Gasteiger partial charge in [0.2, 0.25) is 0 Å². The molecule has 1 rings (SSSR count). The minimum atomic E-state index is -0.452. The van der Waals surface area contributed by atoms with Crippen molar-refractivity contribution >= 4 is 5.69 Å². The van der Waals surface area contributed by atoms with Gasteiger partial charge in [-0.2, -0.15) is 0 Å². The Labute approximate surface area is 112 Å². The first-order valence-corrected chi connectivity index (χ1v) is 6.23. The summed E-state index contributed by atoms with van der Waals surface area (Å²) >= 11 is 0.